The summed E-state index contributed by atoms with van der Waals surface area (Å²) in [5.41, 5.74) is 16.0. The van der Waals surface area contributed by atoms with Gasteiger partial charge in [0.1, 0.15) is 11.2 Å². The van der Waals surface area contributed by atoms with E-state index in [1.165, 1.54) is 60.3 Å². The number of anilines is 3. The van der Waals surface area contributed by atoms with E-state index in [-0.39, 0.29) is 0 Å². The Morgan fingerprint density at radius 3 is 1.51 bits per heavy atom. The van der Waals surface area contributed by atoms with Crippen LogP contribution in [0.15, 0.2) is 211 Å². The van der Waals surface area contributed by atoms with Crippen LogP contribution < -0.4 is 4.90 Å². The number of fused-ring (bicyclic) bond motifs is 9. The zero-order chi connectivity index (χ0) is 37.5. The average Bonchev–Trinajstić information content (AvgIpc) is 3.95. The van der Waals surface area contributed by atoms with Crippen molar-refractivity contribution in [2.45, 2.75) is 0 Å². The molecule has 3 nitrogen and oxygen atoms in total. The van der Waals surface area contributed by atoms with Crippen molar-refractivity contribution in [2.75, 3.05) is 4.90 Å². The lowest BCUT2D eigenvalue weighted by Gasteiger charge is -2.26. The summed E-state index contributed by atoms with van der Waals surface area (Å²) < 4.78 is 8.69. The van der Waals surface area contributed by atoms with Crippen LogP contribution in [0.2, 0.25) is 0 Å². The molecule has 0 fully saturated rings. The summed E-state index contributed by atoms with van der Waals surface area (Å²) in [4.78, 5) is 2.35. The van der Waals surface area contributed by atoms with Gasteiger partial charge < -0.3 is 13.7 Å². The second-order valence-electron chi connectivity index (χ2n) is 14.9. The third-order valence-corrected chi connectivity index (χ3v) is 11.8. The van der Waals surface area contributed by atoms with Crippen molar-refractivity contribution in [1.82, 2.24) is 4.40 Å². The highest BCUT2D eigenvalue weighted by Gasteiger charge is 2.21. The van der Waals surface area contributed by atoms with E-state index in [4.69, 9.17) is 4.42 Å². The second-order valence-corrected chi connectivity index (χ2v) is 14.9. The second kappa shape index (κ2) is 12.5. The molecule has 0 unspecified atom stereocenters. The summed E-state index contributed by atoms with van der Waals surface area (Å²) in [6.45, 7) is 0. The topological polar surface area (TPSA) is 20.8 Å². The first-order chi connectivity index (χ1) is 28.3. The van der Waals surface area contributed by atoms with Crippen molar-refractivity contribution in [3.05, 3.63) is 206 Å². The zero-order valence-corrected chi connectivity index (χ0v) is 30.9. The van der Waals surface area contributed by atoms with Crippen LogP contribution in [0.3, 0.4) is 0 Å². The molecule has 0 amide bonds. The molecule has 3 heteroatoms. The minimum Gasteiger partial charge on any atom is -0.456 e. The number of aromatic nitrogens is 1. The summed E-state index contributed by atoms with van der Waals surface area (Å²) in [6, 6.07) is 74.3. The molecule has 0 aliphatic heterocycles. The molecule has 0 spiro atoms. The molecule has 266 valence electrons. The van der Waals surface area contributed by atoms with Gasteiger partial charge in [-0.05, 0) is 94.0 Å². The number of para-hydroxylation sites is 3. The highest BCUT2D eigenvalue weighted by atomic mass is 16.3. The van der Waals surface area contributed by atoms with Crippen LogP contribution in [0.4, 0.5) is 17.1 Å². The highest BCUT2D eigenvalue weighted by Crippen LogP contribution is 2.45. The maximum Gasteiger partial charge on any atom is 0.136 e. The van der Waals surface area contributed by atoms with Crippen LogP contribution in [-0.2, 0) is 0 Å². The number of nitrogens with zero attached hydrogens (tertiary/aromatic N) is 2. The van der Waals surface area contributed by atoms with Crippen molar-refractivity contribution in [2.24, 2.45) is 0 Å². The predicted molar refractivity (Wildman–Crippen MR) is 239 cm³/mol. The standard InChI is InChI=1S/C54H34N2O/c1-2-11-35(12-3-1)36-21-27-39(28-22-36)55(40-29-23-37(24-30-40)42-16-10-20-51-52(42)47-15-6-9-19-50(47)57-51)41-31-25-38(26-32-41)43-33-34-45-44-13-4-7-17-48(44)56-49-18-8-5-14-46(49)53(43)54(45)56/h1-34H. The molecule has 3 heterocycles. The van der Waals surface area contributed by atoms with Crippen LogP contribution in [0.5, 0.6) is 0 Å². The molecule has 0 saturated carbocycles. The smallest absolute Gasteiger partial charge is 0.136 e. The van der Waals surface area contributed by atoms with Crippen LogP contribution in [0.25, 0.3) is 93.4 Å². The van der Waals surface area contributed by atoms with Crippen LogP contribution in [-0.4, -0.2) is 4.40 Å². The first-order valence-electron chi connectivity index (χ1n) is 19.5. The Balaban J connectivity index is 0.982. The van der Waals surface area contributed by atoms with Gasteiger partial charge in [-0.2, -0.15) is 0 Å². The lowest BCUT2D eigenvalue weighted by atomic mass is 9.97. The maximum absolute atomic E-state index is 6.24. The fraction of sp³-hybridized carbons (Fsp3) is 0. The zero-order valence-electron chi connectivity index (χ0n) is 30.9. The molecular weight excluding hydrogens is 693 g/mol. The van der Waals surface area contributed by atoms with E-state index in [1.54, 1.807) is 0 Å². The molecule has 0 aliphatic carbocycles. The summed E-state index contributed by atoms with van der Waals surface area (Å²) >= 11 is 0. The van der Waals surface area contributed by atoms with Gasteiger partial charge in [-0.1, -0.05) is 146 Å². The van der Waals surface area contributed by atoms with Gasteiger partial charge in [0, 0.05) is 49.4 Å². The van der Waals surface area contributed by atoms with Crippen LogP contribution in [0, 0.1) is 0 Å². The molecule has 0 atom stereocenters. The lowest BCUT2D eigenvalue weighted by Crippen LogP contribution is -2.09. The molecule has 0 aliphatic rings. The number of benzene rings is 9. The van der Waals surface area contributed by atoms with E-state index in [9.17, 15) is 0 Å². The van der Waals surface area contributed by atoms with E-state index >= 15 is 0 Å². The molecule has 12 aromatic rings. The number of hydrogen-bond acceptors (Lipinski definition) is 2. The Labute approximate surface area is 329 Å². The number of furan rings is 1. The van der Waals surface area contributed by atoms with Crippen molar-refractivity contribution in [1.29, 1.82) is 0 Å². The SMILES string of the molecule is c1ccc(-c2ccc(N(c3ccc(-c4cccc5oc6ccccc6c45)cc3)c3ccc(-c4ccc5c6ccccc6n6c7ccccc7c4c56)cc3)cc2)cc1. The monoisotopic (exact) mass is 726 g/mol. The van der Waals surface area contributed by atoms with Crippen molar-refractivity contribution < 1.29 is 4.42 Å². The highest BCUT2D eigenvalue weighted by molar-refractivity contribution is 6.27. The molecule has 0 bridgehead atoms. The molecule has 0 N–H and O–H groups in total. The van der Waals surface area contributed by atoms with E-state index in [0.717, 1.165) is 50.1 Å². The number of rotatable bonds is 6. The molecule has 3 aromatic heterocycles. The maximum atomic E-state index is 6.24. The summed E-state index contributed by atoms with van der Waals surface area (Å²) in [5.74, 6) is 0. The van der Waals surface area contributed by atoms with Crippen molar-refractivity contribution >= 4 is 77.1 Å². The predicted octanol–water partition coefficient (Wildman–Crippen LogP) is 15.2. The quantitative estimate of drug-likeness (QED) is 0.170. The third kappa shape index (κ3) is 4.86. The van der Waals surface area contributed by atoms with Crippen molar-refractivity contribution in [3.8, 4) is 33.4 Å². The molecule has 9 aromatic carbocycles. The van der Waals surface area contributed by atoms with E-state index < -0.39 is 0 Å². The first kappa shape index (κ1) is 31.7. The van der Waals surface area contributed by atoms with E-state index in [0.29, 0.717) is 0 Å². The summed E-state index contributed by atoms with van der Waals surface area (Å²) in [6.07, 6.45) is 0. The third-order valence-electron chi connectivity index (χ3n) is 11.8. The molecule has 57 heavy (non-hydrogen) atoms. The van der Waals surface area contributed by atoms with Gasteiger partial charge in [0.25, 0.3) is 0 Å². The van der Waals surface area contributed by atoms with Gasteiger partial charge in [-0.15, -0.1) is 0 Å². The average molecular weight is 727 g/mol. The summed E-state index contributed by atoms with van der Waals surface area (Å²) in [7, 11) is 0. The Morgan fingerprint density at radius 1 is 0.316 bits per heavy atom. The largest absolute Gasteiger partial charge is 0.456 e. The number of hydrogen-bond donors (Lipinski definition) is 0. The Kier molecular flexibility index (Phi) is 6.93. The van der Waals surface area contributed by atoms with Gasteiger partial charge >= 0.3 is 0 Å². The van der Waals surface area contributed by atoms with Crippen LogP contribution in [0.1, 0.15) is 0 Å². The fourth-order valence-corrected chi connectivity index (χ4v) is 9.18. The lowest BCUT2D eigenvalue weighted by molar-refractivity contribution is 0.669. The van der Waals surface area contributed by atoms with Gasteiger partial charge in [-0.3, -0.25) is 0 Å². The Bertz CT molecular complexity index is 3430. The normalized spacial score (nSPS) is 11.9. The Hall–Kier alpha value is -7.62. The van der Waals surface area contributed by atoms with Gasteiger partial charge in [0.2, 0.25) is 0 Å². The molecule has 12 rings (SSSR count). The Morgan fingerprint density at radius 2 is 0.825 bits per heavy atom. The summed E-state index contributed by atoms with van der Waals surface area (Å²) in [5, 5.41) is 7.45. The fourth-order valence-electron chi connectivity index (χ4n) is 9.18. The van der Waals surface area contributed by atoms with E-state index in [1.807, 2.05) is 12.1 Å². The van der Waals surface area contributed by atoms with Crippen molar-refractivity contribution in [3.63, 3.8) is 0 Å². The van der Waals surface area contributed by atoms with Gasteiger partial charge in [-0.25, -0.2) is 0 Å². The van der Waals surface area contributed by atoms with Crippen LogP contribution >= 0.6 is 0 Å². The molecule has 0 saturated heterocycles. The minimum atomic E-state index is 0.903. The molecule has 0 radical (unpaired) electrons. The van der Waals surface area contributed by atoms with E-state index in [2.05, 4.69) is 203 Å². The van der Waals surface area contributed by atoms with Gasteiger partial charge in [0.15, 0.2) is 0 Å². The minimum absolute atomic E-state index is 0.903. The first-order valence-corrected chi connectivity index (χ1v) is 19.5. The van der Waals surface area contributed by atoms with Gasteiger partial charge in [0.05, 0.1) is 16.6 Å². The molecular formula is C54H34N2O.